The van der Waals surface area contributed by atoms with Crippen LogP contribution in [0.3, 0.4) is 0 Å². The van der Waals surface area contributed by atoms with Gasteiger partial charge in [0.25, 0.3) is 5.54 Å². The minimum Gasteiger partial charge on any atom is -0.467 e. The van der Waals surface area contributed by atoms with E-state index in [1.165, 1.54) is 19.3 Å². The van der Waals surface area contributed by atoms with Gasteiger partial charge >= 0.3 is 11.9 Å². The molecule has 1 saturated heterocycles. The number of aryl methyl sites for hydroxylation is 1. The van der Waals surface area contributed by atoms with Crippen LogP contribution in [-0.2, 0) is 23.9 Å². The lowest BCUT2D eigenvalue weighted by Gasteiger charge is -2.35. The minimum atomic E-state index is -2.22. The van der Waals surface area contributed by atoms with Crippen molar-refractivity contribution < 1.29 is 28.7 Å². The van der Waals surface area contributed by atoms with E-state index in [0.717, 1.165) is 5.56 Å². The zero-order chi connectivity index (χ0) is 24.3. The van der Waals surface area contributed by atoms with Gasteiger partial charge in [-0.15, -0.1) is 0 Å². The first kappa shape index (κ1) is 23.2. The Balaban J connectivity index is 2.01. The molecule has 3 aromatic carbocycles. The number of ether oxygens (including phenoxy) is 2. The molecule has 1 heterocycles. The summed E-state index contributed by atoms with van der Waals surface area (Å²) in [4.78, 5) is 47.3. The van der Waals surface area contributed by atoms with Gasteiger partial charge in [-0.3, -0.25) is 9.63 Å². The lowest BCUT2D eigenvalue weighted by Crippen LogP contribution is -2.63. The molecule has 1 aliphatic rings. The zero-order valence-corrected chi connectivity index (χ0v) is 19.1. The van der Waals surface area contributed by atoms with Gasteiger partial charge in [0.2, 0.25) is 0 Å². The van der Waals surface area contributed by atoms with Gasteiger partial charge in [-0.1, -0.05) is 78.4 Å². The first-order valence-electron chi connectivity index (χ1n) is 10.8. The molecule has 0 aliphatic carbocycles. The number of nitrogens with zero attached hydrogens (tertiary/aromatic N) is 1. The van der Waals surface area contributed by atoms with E-state index in [1.54, 1.807) is 66.7 Å². The number of hydroxylamine groups is 1. The van der Waals surface area contributed by atoms with Gasteiger partial charge < -0.3 is 9.47 Å². The molecule has 0 bridgehead atoms. The molecule has 2 atom stereocenters. The number of carbonyl (C=O) groups is 3. The molecule has 1 aliphatic heterocycles. The number of ketones is 1. The van der Waals surface area contributed by atoms with Crippen LogP contribution in [0.25, 0.3) is 0 Å². The van der Waals surface area contributed by atoms with Crippen molar-refractivity contribution >= 4 is 23.4 Å². The average molecular weight is 459 g/mol. The molecule has 7 heteroatoms. The molecule has 34 heavy (non-hydrogen) atoms. The van der Waals surface area contributed by atoms with Gasteiger partial charge in [-0.25, -0.2) is 14.7 Å². The molecule has 1 fully saturated rings. The third kappa shape index (κ3) is 3.74. The summed E-state index contributed by atoms with van der Waals surface area (Å²) in [6, 6.07) is 24.6. The Bertz CT molecular complexity index is 1160. The largest absolute Gasteiger partial charge is 0.467 e. The standard InChI is InChI=1S/C27H25NO6/c1-18-14-16-21(17-15-18)28-27(25(30)32-2,26(31)33-3)22(23(29)19-10-6-4-7-11-19)24(34-28)20-12-8-5-9-13-20/h4-17,22,24H,1-3H3. The van der Waals surface area contributed by atoms with E-state index in [0.29, 0.717) is 16.8 Å². The summed E-state index contributed by atoms with van der Waals surface area (Å²) in [5.74, 6) is -3.64. The molecule has 3 aromatic rings. The molecule has 0 aromatic heterocycles. The van der Waals surface area contributed by atoms with Crippen molar-refractivity contribution in [3.8, 4) is 0 Å². The Hall–Kier alpha value is -3.97. The summed E-state index contributed by atoms with van der Waals surface area (Å²) < 4.78 is 10.2. The van der Waals surface area contributed by atoms with Crippen LogP contribution >= 0.6 is 0 Å². The van der Waals surface area contributed by atoms with E-state index in [-0.39, 0.29) is 0 Å². The predicted molar refractivity (Wildman–Crippen MR) is 125 cm³/mol. The second kappa shape index (κ2) is 9.49. The number of methoxy groups -OCH3 is 2. The molecular weight excluding hydrogens is 434 g/mol. The van der Waals surface area contributed by atoms with Gasteiger partial charge in [0.1, 0.15) is 12.0 Å². The maximum Gasteiger partial charge on any atom is 0.346 e. The molecule has 4 rings (SSSR count). The highest BCUT2D eigenvalue weighted by atomic mass is 16.7. The third-order valence-corrected chi connectivity index (χ3v) is 6.02. The van der Waals surface area contributed by atoms with Crippen LogP contribution in [0.15, 0.2) is 84.9 Å². The number of carbonyl (C=O) groups excluding carboxylic acids is 3. The average Bonchev–Trinajstić information content (AvgIpc) is 3.25. The minimum absolute atomic E-state index is 0.333. The summed E-state index contributed by atoms with van der Waals surface area (Å²) in [6.07, 6.45) is -0.964. The zero-order valence-electron chi connectivity index (χ0n) is 19.1. The Morgan fingerprint density at radius 3 is 1.85 bits per heavy atom. The lowest BCUT2D eigenvalue weighted by molar-refractivity contribution is -0.163. The summed E-state index contributed by atoms with van der Waals surface area (Å²) in [5.41, 5.74) is 0.127. The first-order valence-corrected chi connectivity index (χ1v) is 10.8. The molecule has 0 radical (unpaired) electrons. The van der Waals surface area contributed by atoms with Crippen LogP contribution in [0.5, 0.6) is 0 Å². The van der Waals surface area contributed by atoms with Gasteiger partial charge in [0.05, 0.1) is 19.9 Å². The van der Waals surface area contributed by atoms with E-state index < -0.39 is 35.3 Å². The van der Waals surface area contributed by atoms with Gasteiger partial charge in [0, 0.05) is 5.56 Å². The second-order valence-electron chi connectivity index (χ2n) is 8.02. The van der Waals surface area contributed by atoms with Crippen molar-refractivity contribution in [2.75, 3.05) is 19.3 Å². The number of Topliss-reactive ketones (excluding diaryl/α,β-unsaturated/α-hetero) is 1. The number of anilines is 1. The number of rotatable bonds is 6. The van der Waals surface area contributed by atoms with Crippen molar-refractivity contribution in [2.24, 2.45) is 5.92 Å². The van der Waals surface area contributed by atoms with E-state index >= 15 is 0 Å². The Morgan fingerprint density at radius 1 is 0.794 bits per heavy atom. The summed E-state index contributed by atoms with van der Waals surface area (Å²) in [5, 5.41) is 1.17. The van der Waals surface area contributed by atoms with Crippen molar-refractivity contribution in [1.82, 2.24) is 0 Å². The molecule has 0 spiro atoms. The smallest absolute Gasteiger partial charge is 0.346 e. The van der Waals surface area contributed by atoms with E-state index in [9.17, 15) is 14.4 Å². The molecule has 7 nitrogen and oxygen atoms in total. The molecular formula is C27H25NO6. The van der Waals surface area contributed by atoms with Crippen LogP contribution < -0.4 is 5.06 Å². The highest BCUT2D eigenvalue weighted by molar-refractivity contribution is 6.15. The fraction of sp³-hybridized carbons (Fsp3) is 0.222. The van der Waals surface area contributed by atoms with E-state index in [2.05, 4.69) is 0 Å². The molecule has 2 unspecified atom stereocenters. The van der Waals surface area contributed by atoms with Gasteiger partial charge in [-0.2, -0.15) is 0 Å². The van der Waals surface area contributed by atoms with Crippen molar-refractivity contribution in [2.45, 2.75) is 18.6 Å². The third-order valence-electron chi connectivity index (χ3n) is 6.02. The van der Waals surface area contributed by atoms with Crippen LogP contribution in [0, 0.1) is 12.8 Å². The van der Waals surface area contributed by atoms with Crippen LogP contribution in [0.2, 0.25) is 0 Å². The quantitative estimate of drug-likeness (QED) is 0.312. The highest BCUT2D eigenvalue weighted by Gasteiger charge is 2.70. The monoisotopic (exact) mass is 459 g/mol. The highest BCUT2D eigenvalue weighted by Crippen LogP contribution is 2.50. The second-order valence-corrected chi connectivity index (χ2v) is 8.02. The maximum absolute atomic E-state index is 14.0. The fourth-order valence-corrected chi connectivity index (χ4v) is 4.37. The van der Waals surface area contributed by atoms with E-state index in [1.807, 2.05) is 25.1 Å². The number of benzene rings is 3. The maximum atomic E-state index is 14.0. The Morgan fingerprint density at radius 2 is 1.32 bits per heavy atom. The topological polar surface area (TPSA) is 82.1 Å². The summed E-state index contributed by atoms with van der Waals surface area (Å²) in [6.45, 7) is 1.91. The molecule has 0 saturated carbocycles. The normalized spacial score (nSPS) is 18.9. The van der Waals surface area contributed by atoms with Crippen LogP contribution in [0.4, 0.5) is 5.69 Å². The predicted octanol–water partition coefficient (Wildman–Crippen LogP) is 4.07. The summed E-state index contributed by atoms with van der Waals surface area (Å²) >= 11 is 0. The number of hydrogen-bond acceptors (Lipinski definition) is 7. The van der Waals surface area contributed by atoms with Crippen LogP contribution in [-0.4, -0.2) is 37.5 Å². The lowest BCUT2D eigenvalue weighted by atomic mass is 9.74. The van der Waals surface area contributed by atoms with Crippen LogP contribution in [0.1, 0.15) is 27.6 Å². The Labute approximate surface area is 197 Å². The molecule has 174 valence electrons. The van der Waals surface area contributed by atoms with Gasteiger partial charge in [0.15, 0.2) is 5.78 Å². The first-order chi connectivity index (χ1) is 16.4. The Kier molecular flexibility index (Phi) is 6.47. The molecule has 0 N–H and O–H groups in total. The number of hydrogen-bond donors (Lipinski definition) is 0. The fourth-order valence-electron chi connectivity index (χ4n) is 4.37. The van der Waals surface area contributed by atoms with Crippen molar-refractivity contribution in [3.05, 3.63) is 102 Å². The van der Waals surface area contributed by atoms with Crippen molar-refractivity contribution in [1.29, 1.82) is 0 Å². The molecule has 0 amide bonds. The number of esters is 2. The van der Waals surface area contributed by atoms with Crippen molar-refractivity contribution in [3.63, 3.8) is 0 Å². The SMILES string of the molecule is COC(=O)C1(C(=O)OC)C(C(=O)c2ccccc2)C(c2ccccc2)ON1c1ccc(C)cc1. The van der Waals surface area contributed by atoms with E-state index in [4.69, 9.17) is 14.3 Å². The summed E-state index contributed by atoms with van der Waals surface area (Å²) in [7, 11) is 2.33. The van der Waals surface area contributed by atoms with Gasteiger partial charge in [-0.05, 0) is 24.6 Å².